The van der Waals surface area contributed by atoms with E-state index in [2.05, 4.69) is 0 Å². The molecule has 1 unspecified atom stereocenters. The van der Waals surface area contributed by atoms with Crippen molar-refractivity contribution in [1.29, 1.82) is 0 Å². The van der Waals surface area contributed by atoms with Crippen LogP contribution in [0.15, 0.2) is 30.0 Å². The van der Waals surface area contributed by atoms with Gasteiger partial charge in [-0.05, 0) is 24.6 Å². The molecule has 7 heteroatoms. The minimum absolute atomic E-state index is 0.0597. The highest BCUT2D eigenvalue weighted by Gasteiger charge is 2.22. The van der Waals surface area contributed by atoms with Crippen LogP contribution in [0.25, 0.3) is 0 Å². The van der Waals surface area contributed by atoms with Crippen molar-refractivity contribution in [3.63, 3.8) is 0 Å². The standard InChI is InChI=1S/C16H19NO6/c1-2-21-16(20)7-11(5-12(18)8-15(17)19)10-3-4-13-14(6-10)23-9-22-13/h3-4,6,8,11,18H,2,5,7,9H2,1H3,(H2,17,19)/b12-8-. The van der Waals surface area contributed by atoms with Crippen molar-refractivity contribution < 1.29 is 28.9 Å². The van der Waals surface area contributed by atoms with E-state index < -0.39 is 5.91 Å². The Labute approximate surface area is 133 Å². The van der Waals surface area contributed by atoms with Crippen molar-refractivity contribution in [3.05, 3.63) is 35.6 Å². The molecule has 0 radical (unpaired) electrons. The summed E-state index contributed by atoms with van der Waals surface area (Å²) in [7, 11) is 0. The summed E-state index contributed by atoms with van der Waals surface area (Å²) in [6, 6.07) is 5.28. The SMILES string of the molecule is CCOC(=O)CC(C/C(O)=C/C(N)=O)c1ccc2c(c1)OCO2. The fraction of sp³-hybridized carbons (Fsp3) is 0.375. The molecule has 1 atom stereocenters. The van der Waals surface area contributed by atoms with Crippen LogP contribution in [-0.2, 0) is 14.3 Å². The predicted octanol–water partition coefficient (Wildman–Crippen LogP) is 1.77. The zero-order valence-corrected chi connectivity index (χ0v) is 12.8. The molecule has 0 bridgehead atoms. The number of carbonyl (C=O) groups is 2. The number of hydrogen-bond donors (Lipinski definition) is 2. The molecule has 0 aliphatic carbocycles. The topological polar surface area (TPSA) is 108 Å². The first-order valence-electron chi connectivity index (χ1n) is 7.23. The van der Waals surface area contributed by atoms with Gasteiger partial charge in [-0.3, -0.25) is 9.59 Å². The number of allylic oxidation sites excluding steroid dienone is 1. The molecule has 2 rings (SSSR count). The van der Waals surface area contributed by atoms with Crippen molar-refractivity contribution in [2.24, 2.45) is 5.73 Å². The number of rotatable bonds is 7. The molecule has 0 fully saturated rings. The summed E-state index contributed by atoms with van der Waals surface area (Å²) in [5.41, 5.74) is 5.80. The molecule has 1 aliphatic heterocycles. The van der Waals surface area contributed by atoms with Crippen LogP contribution in [-0.4, -0.2) is 30.4 Å². The third-order valence-electron chi connectivity index (χ3n) is 3.35. The summed E-state index contributed by atoms with van der Waals surface area (Å²) in [4.78, 5) is 22.7. The second-order valence-electron chi connectivity index (χ2n) is 5.06. The number of benzene rings is 1. The highest BCUT2D eigenvalue weighted by Crippen LogP contribution is 2.37. The molecule has 1 amide bonds. The molecular weight excluding hydrogens is 302 g/mol. The van der Waals surface area contributed by atoms with Crippen LogP contribution in [0.1, 0.15) is 31.2 Å². The second-order valence-corrected chi connectivity index (χ2v) is 5.06. The molecule has 1 aromatic carbocycles. The van der Waals surface area contributed by atoms with Gasteiger partial charge in [0.15, 0.2) is 11.5 Å². The van der Waals surface area contributed by atoms with E-state index in [0.717, 1.165) is 11.6 Å². The van der Waals surface area contributed by atoms with E-state index in [1.807, 2.05) is 0 Å². The first kappa shape index (κ1) is 16.7. The van der Waals surface area contributed by atoms with Gasteiger partial charge in [0.05, 0.1) is 18.8 Å². The summed E-state index contributed by atoms with van der Waals surface area (Å²) in [5.74, 6) is -0.496. The number of nitrogens with two attached hydrogens (primary N) is 1. The smallest absolute Gasteiger partial charge is 0.306 e. The molecule has 0 spiro atoms. The van der Waals surface area contributed by atoms with Crippen LogP contribution in [0.4, 0.5) is 0 Å². The molecule has 0 saturated carbocycles. The van der Waals surface area contributed by atoms with Gasteiger partial charge in [-0.25, -0.2) is 0 Å². The lowest BCUT2D eigenvalue weighted by atomic mass is 9.91. The maximum absolute atomic E-state index is 11.8. The van der Waals surface area contributed by atoms with Crippen molar-refractivity contribution in [1.82, 2.24) is 0 Å². The van der Waals surface area contributed by atoms with Gasteiger partial charge in [0, 0.05) is 18.4 Å². The Morgan fingerprint density at radius 1 is 1.35 bits per heavy atom. The quantitative estimate of drug-likeness (QED) is 0.450. The number of amides is 1. The highest BCUT2D eigenvalue weighted by molar-refractivity contribution is 5.86. The van der Waals surface area contributed by atoms with Crippen molar-refractivity contribution in [3.8, 4) is 11.5 Å². The Balaban J connectivity index is 2.21. The van der Waals surface area contributed by atoms with Crippen molar-refractivity contribution in [2.75, 3.05) is 13.4 Å². The van der Waals surface area contributed by atoms with Crippen molar-refractivity contribution in [2.45, 2.75) is 25.7 Å². The van der Waals surface area contributed by atoms with E-state index in [-0.39, 0.29) is 43.9 Å². The maximum atomic E-state index is 11.8. The van der Waals surface area contributed by atoms with Gasteiger partial charge in [-0.1, -0.05) is 6.07 Å². The zero-order valence-electron chi connectivity index (χ0n) is 12.8. The van der Waals surface area contributed by atoms with E-state index in [4.69, 9.17) is 19.9 Å². The molecule has 1 aliphatic rings. The molecule has 0 aromatic heterocycles. The van der Waals surface area contributed by atoms with Crippen LogP contribution < -0.4 is 15.2 Å². The number of hydrogen-bond acceptors (Lipinski definition) is 6. The first-order valence-corrected chi connectivity index (χ1v) is 7.23. The normalized spacial score (nSPS) is 14.4. The Kier molecular flexibility index (Phi) is 5.46. The number of carbonyl (C=O) groups excluding carboxylic acids is 2. The fourth-order valence-corrected chi connectivity index (χ4v) is 2.37. The first-order chi connectivity index (χ1) is 11.0. The van der Waals surface area contributed by atoms with Gasteiger partial charge in [0.25, 0.3) is 0 Å². The average Bonchev–Trinajstić information content (AvgIpc) is 2.93. The third kappa shape index (κ3) is 4.64. The molecule has 124 valence electrons. The minimum Gasteiger partial charge on any atom is -0.512 e. The van der Waals surface area contributed by atoms with E-state index in [0.29, 0.717) is 11.5 Å². The zero-order chi connectivity index (χ0) is 16.8. The number of aliphatic hydroxyl groups excluding tert-OH is 1. The summed E-state index contributed by atoms with van der Waals surface area (Å²) >= 11 is 0. The average molecular weight is 321 g/mol. The molecule has 3 N–H and O–H groups in total. The van der Waals surface area contributed by atoms with Crippen LogP contribution in [0.3, 0.4) is 0 Å². The molecule has 23 heavy (non-hydrogen) atoms. The molecule has 7 nitrogen and oxygen atoms in total. The Hall–Kier alpha value is -2.70. The maximum Gasteiger partial charge on any atom is 0.306 e. The van der Waals surface area contributed by atoms with Gasteiger partial charge >= 0.3 is 5.97 Å². The van der Waals surface area contributed by atoms with Gasteiger partial charge in [0.2, 0.25) is 12.7 Å². The van der Waals surface area contributed by atoms with Gasteiger partial charge < -0.3 is 25.1 Å². The number of aliphatic hydroxyl groups is 1. The summed E-state index contributed by atoms with van der Waals surface area (Å²) in [5, 5.41) is 9.84. The van der Waals surface area contributed by atoms with Gasteiger partial charge in [0.1, 0.15) is 0 Å². The summed E-state index contributed by atoms with van der Waals surface area (Å²) in [6.07, 6.45) is 1.08. The van der Waals surface area contributed by atoms with Crippen LogP contribution in [0.5, 0.6) is 11.5 Å². The highest BCUT2D eigenvalue weighted by atomic mass is 16.7. The minimum atomic E-state index is -0.747. The fourth-order valence-electron chi connectivity index (χ4n) is 2.37. The van der Waals surface area contributed by atoms with Gasteiger partial charge in [-0.2, -0.15) is 0 Å². The van der Waals surface area contributed by atoms with Crippen LogP contribution >= 0.6 is 0 Å². The van der Waals surface area contributed by atoms with Crippen LogP contribution in [0.2, 0.25) is 0 Å². The van der Waals surface area contributed by atoms with E-state index in [1.54, 1.807) is 25.1 Å². The molecule has 1 aromatic rings. The van der Waals surface area contributed by atoms with Gasteiger partial charge in [-0.15, -0.1) is 0 Å². The van der Waals surface area contributed by atoms with E-state index >= 15 is 0 Å². The lowest BCUT2D eigenvalue weighted by Crippen LogP contribution is -2.13. The van der Waals surface area contributed by atoms with Crippen molar-refractivity contribution >= 4 is 11.9 Å². The molecule has 0 saturated heterocycles. The number of ether oxygens (including phenoxy) is 3. The summed E-state index contributed by atoms with van der Waals surface area (Å²) < 4.78 is 15.5. The molecule has 1 heterocycles. The Morgan fingerprint density at radius 2 is 2.09 bits per heavy atom. The second kappa shape index (κ2) is 7.53. The summed E-state index contributed by atoms with van der Waals surface area (Å²) in [6.45, 7) is 2.14. The van der Waals surface area contributed by atoms with Crippen LogP contribution in [0, 0.1) is 0 Å². The molecular formula is C16H19NO6. The predicted molar refractivity (Wildman–Crippen MR) is 81.1 cm³/mol. The number of primary amides is 1. The number of esters is 1. The lowest BCUT2D eigenvalue weighted by molar-refractivity contribution is -0.143. The number of fused-ring (bicyclic) bond motifs is 1. The Morgan fingerprint density at radius 3 is 2.78 bits per heavy atom. The Bertz CT molecular complexity index is 625. The lowest BCUT2D eigenvalue weighted by Gasteiger charge is -2.16. The monoisotopic (exact) mass is 321 g/mol. The van der Waals surface area contributed by atoms with E-state index in [1.165, 1.54) is 0 Å². The third-order valence-corrected chi connectivity index (χ3v) is 3.35. The van der Waals surface area contributed by atoms with E-state index in [9.17, 15) is 14.7 Å². The largest absolute Gasteiger partial charge is 0.512 e.